The first-order valence-electron chi connectivity index (χ1n) is 9.96. The summed E-state index contributed by atoms with van der Waals surface area (Å²) in [5, 5.41) is 0.782. The van der Waals surface area contributed by atoms with Gasteiger partial charge in [0.15, 0.2) is 0 Å². The Balaban J connectivity index is 1.62. The SMILES string of the molecule is Cc1ccc(Cl)cc1N1CCN([C@H](C)C(=O)N2[C@@H](C)CCC[C@@H]2C)CC1. The van der Waals surface area contributed by atoms with Crippen LogP contribution in [0.5, 0.6) is 0 Å². The summed E-state index contributed by atoms with van der Waals surface area (Å²) in [7, 11) is 0. The predicted molar refractivity (Wildman–Crippen MR) is 109 cm³/mol. The molecule has 0 spiro atoms. The molecule has 2 fully saturated rings. The van der Waals surface area contributed by atoms with Gasteiger partial charge in [-0.2, -0.15) is 0 Å². The van der Waals surface area contributed by atoms with E-state index in [4.69, 9.17) is 11.6 Å². The molecule has 2 aliphatic rings. The molecule has 1 aromatic rings. The standard InChI is InChI=1S/C21H32ClN3O/c1-15-8-9-19(22)14-20(15)24-12-10-23(11-13-24)18(4)21(26)25-16(2)6-5-7-17(25)3/h8-9,14,16-18H,5-7,10-13H2,1-4H3/t16-,17-,18+/m0/s1. The number of benzene rings is 1. The number of anilines is 1. The van der Waals surface area contributed by atoms with Crippen molar-refractivity contribution in [1.29, 1.82) is 0 Å². The molecule has 2 heterocycles. The molecule has 0 N–H and O–H groups in total. The van der Waals surface area contributed by atoms with E-state index >= 15 is 0 Å². The van der Waals surface area contributed by atoms with Gasteiger partial charge < -0.3 is 9.80 Å². The second-order valence-corrected chi connectivity index (χ2v) is 8.44. The summed E-state index contributed by atoms with van der Waals surface area (Å²) in [5.41, 5.74) is 2.47. The second-order valence-electron chi connectivity index (χ2n) is 8.00. The number of amides is 1. The van der Waals surface area contributed by atoms with Crippen LogP contribution in [0.1, 0.15) is 45.6 Å². The molecule has 0 radical (unpaired) electrons. The van der Waals surface area contributed by atoms with E-state index in [2.05, 4.69) is 54.5 Å². The summed E-state index contributed by atoms with van der Waals surface area (Å²) in [4.78, 5) is 20.0. The van der Waals surface area contributed by atoms with E-state index in [9.17, 15) is 4.79 Å². The number of nitrogens with zero attached hydrogens (tertiary/aromatic N) is 3. The Morgan fingerprint density at radius 3 is 2.35 bits per heavy atom. The Bertz CT molecular complexity index is 632. The molecule has 26 heavy (non-hydrogen) atoms. The number of piperazine rings is 1. The maximum Gasteiger partial charge on any atom is 0.240 e. The van der Waals surface area contributed by atoms with E-state index in [1.165, 1.54) is 17.7 Å². The van der Waals surface area contributed by atoms with Gasteiger partial charge in [-0.3, -0.25) is 9.69 Å². The molecule has 144 valence electrons. The fourth-order valence-corrected chi connectivity index (χ4v) is 4.67. The highest BCUT2D eigenvalue weighted by Crippen LogP contribution is 2.27. The van der Waals surface area contributed by atoms with E-state index in [1.54, 1.807) is 0 Å². The number of aryl methyl sites for hydroxylation is 1. The third-order valence-electron chi connectivity index (χ3n) is 6.18. The molecule has 0 saturated carbocycles. The topological polar surface area (TPSA) is 26.8 Å². The Labute approximate surface area is 163 Å². The first-order valence-corrected chi connectivity index (χ1v) is 10.3. The minimum Gasteiger partial charge on any atom is -0.369 e. The second kappa shape index (κ2) is 8.18. The largest absolute Gasteiger partial charge is 0.369 e. The first-order chi connectivity index (χ1) is 12.4. The summed E-state index contributed by atoms with van der Waals surface area (Å²) >= 11 is 6.18. The lowest BCUT2D eigenvalue weighted by molar-refractivity contribution is -0.142. The van der Waals surface area contributed by atoms with Gasteiger partial charge in [0.25, 0.3) is 0 Å². The molecule has 2 saturated heterocycles. The molecule has 0 unspecified atom stereocenters. The van der Waals surface area contributed by atoms with Gasteiger partial charge in [-0.25, -0.2) is 0 Å². The molecule has 2 aliphatic heterocycles. The molecular formula is C21H32ClN3O. The van der Waals surface area contributed by atoms with Crippen molar-refractivity contribution in [2.24, 2.45) is 0 Å². The number of hydrogen-bond acceptors (Lipinski definition) is 3. The van der Waals surface area contributed by atoms with Crippen LogP contribution in [0.2, 0.25) is 5.02 Å². The van der Waals surface area contributed by atoms with Gasteiger partial charge in [0, 0.05) is 49.0 Å². The van der Waals surface area contributed by atoms with Crippen molar-refractivity contribution < 1.29 is 4.79 Å². The monoisotopic (exact) mass is 377 g/mol. The van der Waals surface area contributed by atoms with Gasteiger partial charge >= 0.3 is 0 Å². The Kier molecular flexibility index (Phi) is 6.13. The fraction of sp³-hybridized carbons (Fsp3) is 0.667. The number of halogens is 1. The normalized spacial score (nSPS) is 26.0. The van der Waals surface area contributed by atoms with E-state index in [0.717, 1.165) is 44.0 Å². The molecule has 5 heteroatoms. The molecule has 1 aromatic carbocycles. The molecule has 3 rings (SSSR count). The number of carbonyl (C=O) groups excluding carboxylic acids is 1. The first kappa shape index (κ1) is 19.5. The van der Waals surface area contributed by atoms with Gasteiger partial charge in [0.1, 0.15) is 0 Å². The van der Waals surface area contributed by atoms with Gasteiger partial charge in [-0.05, 0) is 64.7 Å². The zero-order chi connectivity index (χ0) is 18.8. The van der Waals surface area contributed by atoms with E-state index < -0.39 is 0 Å². The van der Waals surface area contributed by atoms with Crippen LogP contribution < -0.4 is 4.90 Å². The van der Waals surface area contributed by atoms with Crippen LogP contribution in [0.3, 0.4) is 0 Å². The van der Waals surface area contributed by atoms with Crippen molar-refractivity contribution >= 4 is 23.2 Å². The molecule has 0 aliphatic carbocycles. The Morgan fingerprint density at radius 2 is 1.73 bits per heavy atom. The van der Waals surface area contributed by atoms with Crippen LogP contribution in [-0.4, -0.2) is 60.0 Å². The highest BCUT2D eigenvalue weighted by Gasteiger charge is 2.35. The minimum absolute atomic E-state index is 0.0411. The Hall–Kier alpha value is -1.26. The molecule has 4 nitrogen and oxygen atoms in total. The van der Waals surface area contributed by atoms with Crippen LogP contribution in [0, 0.1) is 6.92 Å². The summed E-state index contributed by atoms with van der Waals surface area (Å²) < 4.78 is 0. The van der Waals surface area contributed by atoms with Crippen LogP contribution in [-0.2, 0) is 4.79 Å². The summed E-state index contributed by atoms with van der Waals surface area (Å²) in [6.07, 6.45) is 3.49. The summed E-state index contributed by atoms with van der Waals surface area (Å²) in [6.45, 7) is 12.3. The number of hydrogen-bond donors (Lipinski definition) is 0. The highest BCUT2D eigenvalue weighted by atomic mass is 35.5. The molecule has 0 bridgehead atoms. The molecule has 0 aromatic heterocycles. The van der Waals surface area contributed by atoms with E-state index in [-0.39, 0.29) is 6.04 Å². The quantitative estimate of drug-likeness (QED) is 0.798. The predicted octanol–water partition coefficient (Wildman–Crippen LogP) is 3.95. The van der Waals surface area contributed by atoms with Crippen molar-refractivity contribution in [2.75, 3.05) is 31.1 Å². The number of carbonyl (C=O) groups is 1. The highest BCUT2D eigenvalue weighted by molar-refractivity contribution is 6.30. The van der Waals surface area contributed by atoms with Gasteiger partial charge in [-0.15, -0.1) is 0 Å². The lowest BCUT2D eigenvalue weighted by Gasteiger charge is -2.44. The minimum atomic E-state index is -0.0411. The summed E-state index contributed by atoms with van der Waals surface area (Å²) in [5.74, 6) is 0.303. The van der Waals surface area contributed by atoms with Gasteiger partial charge in [0.2, 0.25) is 5.91 Å². The van der Waals surface area contributed by atoms with Gasteiger partial charge in [-0.1, -0.05) is 17.7 Å². The van der Waals surface area contributed by atoms with Crippen molar-refractivity contribution in [3.05, 3.63) is 28.8 Å². The lowest BCUT2D eigenvalue weighted by Crippen LogP contribution is -2.58. The smallest absolute Gasteiger partial charge is 0.240 e. The van der Waals surface area contributed by atoms with Crippen LogP contribution in [0.4, 0.5) is 5.69 Å². The lowest BCUT2D eigenvalue weighted by atomic mass is 9.96. The third kappa shape index (κ3) is 4.01. The molecule has 3 atom stereocenters. The molecule has 1 amide bonds. The van der Waals surface area contributed by atoms with E-state index in [0.29, 0.717) is 18.0 Å². The maximum atomic E-state index is 13.1. The zero-order valence-electron chi connectivity index (χ0n) is 16.5. The third-order valence-corrected chi connectivity index (χ3v) is 6.41. The van der Waals surface area contributed by atoms with Crippen LogP contribution in [0.15, 0.2) is 18.2 Å². The van der Waals surface area contributed by atoms with Crippen LogP contribution in [0.25, 0.3) is 0 Å². The van der Waals surface area contributed by atoms with Crippen molar-refractivity contribution in [2.45, 2.75) is 65.1 Å². The van der Waals surface area contributed by atoms with Crippen LogP contribution >= 0.6 is 11.6 Å². The molecular weight excluding hydrogens is 346 g/mol. The number of likely N-dealkylation sites (tertiary alicyclic amines) is 1. The zero-order valence-corrected chi connectivity index (χ0v) is 17.3. The summed E-state index contributed by atoms with van der Waals surface area (Å²) in [6, 6.07) is 6.76. The Morgan fingerprint density at radius 1 is 1.12 bits per heavy atom. The maximum absolute atomic E-state index is 13.1. The number of piperidine rings is 1. The van der Waals surface area contributed by atoms with Gasteiger partial charge in [0.05, 0.1) is 6.04 Å². The van der Waals surface area contributed by atoms with Crippen molar-refractivity contribution in [3.8, 4) is 0 Å². The van der Waals surface area contributed by atoms with E-state index in [1.807, 2.05) is 6.07 Å². The van der Waals surface area contributed by atoms with Crippen molar-refractivity contribution in [1.82, 2.24) is 9.80 Å². The number of rotatable bonds is 3. The van der Waals surface area contributed by atoms with Crippen molar-refractivity contribution in [3.63, 3.8) is 0 Å². The fourth-order valence-electron chi connectivity index (χ4n) is 4.50. The average molecular weight is 378 g/mol. The average Bonchev–Trinajstić information content (AvgIpc) is 2.63.